The lowest BCUT2D eigenvalue weighted by molar-refractivity contribution is 0.129. The van der Waals surface area contributed by atoms with Crippen LogP contribution in [0.1, 0.15) is 55.0 Å². The molecular formula is C23H30N2O. The van der Waals surface area contributed by atoms with Gasteiger partial charge in [0.15, 0.2) is 0 Å². The largest absolute Gasteiger partial charge is 0.322 e. The van der Waals surface area contributed by atoms with Crippen molar-refractivity contribution in [3.63, 3.8) is 0 Å². The fourth-order valence-electron chi connectivity index (χ4n) is 4.07. The molecule has 1 heterocycles. The topological polar surface area (TPSA) is 32.3 Å². The van der Waals surface area contributed by atoms with E-state index in [1.54, 1.807) is 0 Å². The van der Waals surface area contributed by atoms with E-state index in [2.05, 4.69) is 75.5 Å². The highest BCUT2D eigenvalue weighted by Gasteiger charge is 2.33. The maximum atomic E-state index is 13.2. The van der Waals surface area contributed by atoms with Crippen LogP contribution < -0.4 is 5.32 Å². The van der Waals surface area contributed by atoms with Crippen LogP contribution in [0.25, 0.3) is 0 Å². The van der Waals surface area contributed by atoms with E-state index in [1.807, 2.05) is 4.90 Å². The molecular weight excluding hydrogens is 320 g/mol. The summed E-state index contributed by atoms with van der Waals surface area (Å²) in [4.78, 5) is 15.2. The SMILES string of the molecule is CCc1cccc(C)c1NC(=O)N1CCC[C@@H](C)[C@H]1c1ccc(C)cc1. The van der Waals surface area contributed by atoms with Gasteiger partial charge in [-0.1, -0.05) is 61.9 Å². The maximum absolute atomic E-state index is 13.2. The van der Waals surface area contributed by atoms with Crippen LogP contribution in [0.4, 0.5) is 10.5 Å². The van der Waals surface area contributed by atoms with Crippen molar-refractivity contribution in [2.24, 2.45) is 5.92 Å². The Morgan fingerprint density at radius 2 is 1.88 bits per heavy atom. The second kappa shape index (κ2) is 7.94. The molecule has 0 saturated carbocycles. The number of carbonyl (C=O) groups excluding carboxylic acids is 1. The molecule has 0 aromatic heterocycles. The van der Waals surface area contributed by atoms with E-state index >= 15 is 0 Å². The first-order chi connectivity index (χ1) is 12.5. The van der Waals surface area contributed by atoms with Crippen LogP contribution in [-0.2, 0) is 6.42 Å². The minimum atomic E-state index is 0.0196. The van der Waals surface area contributed by atoms with Gasteiger partial charge in [-0.2, -0.15) is 0 Å². The Bertz CT molecular complexity index is 766. The smallest absolute Gasteiger partial charge is 0.317 e. The molecule has 2 amide bonds. The van der Waals surface area contributed by atoms with Crippen molar-refractivity contribution < 1.29 is 4.79 Å². The number of benzene rings is 2. The van der Waals surface area contributed by atoms with Gasteiger partial charge >= 0.3 is 6.03 Å². The van der Waals surface area contributed by atoms with Crippen LogP contribution in [-0.4, -0.2) is 17.5 Å². The molecule has 0 unspecified atom stereocenters. The number of nitrogens with zero attached hydrogens (tertiary/aromatic N) is 1. The standard InChI is InChI=1S/C23H30N2O/c1-5-19-10-6-8-17(3)21(19)24-23(26)25-15-7-9-18(4)22(25)20-13-11-16(2)12-14-20/h6,8,10-14,18,22H,5,7,9,15H2,1-4H3,(H,24,26)/t18-,22+/m1/s1. The molecule has 1 N–H and O–H groups in total. The van der Waals surface area contributed by atoms with Crippen molar-refractivity contribution in [1.29, 1.82) is 0 Å². The van der Waals surface area contributed by atoms with E-state index in [4.69, 9.17) is 0 Å². The molecule has 0 radical (unpaired) electrons. The van der Waals surface area contributed by atoms with E-state index < -0.39 is 0 Å². The zero-order valence-corrected chi connectivity index (χ0v) is 16.4. The zero-order valence-electron chi connectivity index (χ0n) is 16.4. The lowest BCUT2D eigenvalue weighted by atomic mass is 9.86. The van der Waals surface area contributed by atoms with Gasteiger partial charge in [-0.3, -0.25) is 0 Å². The summed E-state index contributed by atoms with van der Waals surface area (Å²) in [5.41, 5.74) is 5.77. The Labute approximate surface area is 157 Å². The molecule has 2 atom stereocenters. The summed E-state index contributed by atoms with van der Waals surface area (Å²) in [6.45, 7) is 9.35. The van der Waals surface area contributed by atoms with Gasteiger partial charge in [0.05, 0.1) is 6.04 Å². The molecule has 26 heavy (non-hydrogen) atoms. The number of urea groups is 1. The summed E-state index contributed by atoms with van der Waals surface area (Å²) in [5, 5.41) is 3.22. The molecule has 1 aliphatic heterocycles. The first-order valence-corrected chi connectivity index (χ1v) is 9.74. The number of amides is 2. The van der Waals surface area contributed by atoms with E-state index in [1.165, 1.54) is 16.7 Å². The fourth-order valence-corrected chi connectivity index (χ4v) is 4.07. The number of hydrogen-bond donors (Lipinski definition) is 1. The van der Waals surface area contributed by atoms with Crippen LogP contribution in [0.3, 0.4) is 0 Å². The van der Waals surface area contributed by atoms with E-state index in [0.717, 1.165) is 37.1 Å². The Kier molecular flexibility index (Phi) is 5.65. The number of likely N-dealkylation sites (tertiary alicyclic amines) is 1. The highest BCUT2D eigenvalue weighted by Crippen LogP contribution is 2.36. The molecule has 2 aromatic rings. The second-order valence-corrected chi connectivity index (χ2v) is 7.56. The van der Waals surface area contributed by atoms with Crippen LogP contribution >= 0.6 is 0 Å². The lowest BCUT2D eigenvalue weighted by Crippen LogP contribution is -2.44. The zero-order chi connectivity index (χ0) is 18.7. The normalized spacial score (nSPS) is 20.1. The average Bonchev–Trinajstić information content (AvgIpc) is 2.64. The first-order valence-electron chi connectivity index (χ1n) is 9.74. The summed E-state index contributed by atoms with van der Waals surface area (Å²) >= 11 is 0. The molecule has 2 aromatic carbocycles. The molecule has 138 valence electrons. The van der Waals surface area contributed by atoms with E-state index in [-0.39, 0.29) is 12.1 Å². The van der Waals surface area contributed by atoms with Gasteiger partial charge < -0.3 is 10.2 Å². The van der Waals surface area contributed by atoms with E-state index in [9.17, 15) is 4.79 Å². The van der Waals surface area contributed by atoms with Crippen molar-refractivity contribution in [3.05, 3.63) is 64.7 Å². The number of rotatable bonds is 3. The maximum Gasteiger partial charge on any atom is 0.322 e. The molecule has 3 heteroatoms. The van der Waals surface area contributed by atoms with Crippen molar-refractivity contribution in [2.45, 2.75) is 53.0 Å². The highest BCUT2D eigenvalue weighted by molar-refractivity contribution is 5.91. The fraction of sp³-hybridized carbons (Fsp3) is 0.435. The molecule has 1 saturated heterocycles. The number of piperidine rings is 1. The number of anilines is 1. The van der Waals surface area contributed by atoms with Gasteiger partial charge in [-0.15, -0.1) is 0 Å². The van der Waals surface area contributed by atoms with Gasteiger partial charge in [0.2, 0.25) is 0 Å². The first kappa shape index (κ1) is 18.5. The van der Waals surface area contributed by atoms with Crippen molar-refractivity contribution in [1.82, 2.24) is 4.90 Å². The number of para-hydroxylation sites is 1. The predicted molar refractivity (Wildman–Crippen MR) is 109 cm³/mol. The third kappa shape index (κ3) is 3.77. The molecule has 0 aliphatic carbocycles. The van der Waals surface area contributed by atoms with Gasteiger partial charge in [-0.25, -0.2) is 4.79 Å². The number of nitrogens with one attached hydrogen (secondary N) is 1. The monoisotopic (exact) mass is 350 g/mol. The quantitative estimate of drug-likeness (QED) is 0.737. The molecule has 1 fully saturated rings. The van der Waals surface area contributed by atoms with Crippen molar-refractivity contribution in [3.8, 4) is 0 Å². The van der Waals surface area contributed by atoms with Gasteiger partial charge in [0, 0.05) is 12.2 Å². The highest BCUT2D eigenvalue weighted by atomic mass is 16.2. The minimum absolute atomic E-state index is 0.0196. The Hall–Kier alpha value is -2.29. The van der Waals surface area contributed by atoms with Gasteiger partial charge in [0.25, 0.3) is 0 Å². The molecule has 3 rings (SSSR count). The van der Waals surface area contributed by atoms with Gasteiger partial charge in [0.1, 0.15) is 0 Å². The number of aryl methyl sites for hydroxylation is 3. The van der Waals surface area contributed by atoms with Crippen LogP contribution in [0.5, 0.6) is 0 Å². The summed E-state index contributed by atoms with van der Waals surface area (Å²) in [6, 6.07) is 15.0. The average molecular weight is 351 g/mol. The van der Waals surface area contributed by atoms with Gasteiger partial charge in [-0.05, 0) is 55.7 Å². The van der Waals surface area contributed by atoms with Crippen molar-refractivity contribution in [2.75, 3.05) is 11.9 Å². The van der Waals surface area contributed by atoms with E-state index in [0.29, 0.717) is 5.92 Å². The molecule has 0 spiro atoms. The molecule has 0 bridgehead atoms. The third-order valence-corrected chi connectivity index (χ3v) is 5.58. The molecule has 3 nitrogen and oxygen atoms in total. The number of hydrogen-bond acceptors (Lipinski definition) is 1. The molecule has 1 aliphatic rings. The number of carbonyl (C=O) groups is 1. The predicted octanol–water partition coefficient (Wildman–Crippen LogP) is 5.87. The third-order valence-electron chi connectivity index (χ3n) is 5.58. The minimum Gasteiger partial charge on any atom is -0.317 e. The summed E-state index contributed by atoms with van der Waals surface area (Å²) in [7, 11) is 0. The Morgan fingerprint density at radius 1 is 1.15 bits per heavy atom. The van der Waals surface area contributed by atoms with Crippen LogP contribution in [0.15, 0.2) is 42.5 Å². The van der Waals surface area contributed by atoms with Crippen LogP contribution in [0, 0.1) is 19.8 Å². The van der Waals surface area contributed by atoms with Crippen LogP contribution in [0.2, 0.25) is 0 Å². The lowest BCUT2D eigenvalue weighted by Gasteiger charge is -2.40. The second-order valence-electron chi connectivity index (χ2n) is 7.56. The van der Waals surface area contributed by atoms with Crippen molar-refractivity contribution >= 4 is 11.7 Å². The summed E-state index contributed by atoms with van der Waals surface area (Å²) in [6.07, 6.45) is 3.13. The Balaban J connectivity index is 1.88. The Morgan fingerprint density at radius 3 is 2.58 bits per heavy atom. The summed E-state index contributed by atoms with van der Waals surface area (Å²) in [5.74, 6) is 0.458. The summed E-state index contributed by atoms with van der Waals surface area (Å²) < 4.78 is 0.